The Bertz CT molecular complexity index is 372. The van der Waals surface area contributed by atoms with E-state index in [0.717, 1.165) is 23.2 Å². The van der Waals surface area contributed by atoms with Crippen molar-refractivity contribution in [3.63, 3.8) is 0 Å². The molecule has 0 aliphatic heterocycles. The Balaban J connectivity index is 2.42. The molecule has 0 heterocycles. The van der Waals surface area contributed by atoms with E-state index < -0.39 is 0 Å². The number of likely N-dealkylation sites (N-methyl/N-ethyl adjacent to an activating group) is 1. The third kappa shape index (κ3) is 5.14. The number of nitrogens with one attached hydrogen (secondary N) is 1. The fraction of sp³-hybridized carbons (Fsp3) is 0.538. The number of aliphatic hydroxyl groups excluding tert-OH is 1. The minimum atomic E-state index is -0.382. The van der Waals surface area contributed by atoms with Crippen LogP contribution in [-0.4, -0.2) is 42.3 Å². The van der Waals surface area contributed by atoms with E-state index in [2.05, 4.69) is 40.0 Å². The molecule has 1 rings (SSSR count). The summed E-state index contributed by atoms with van der Waals surface area (Å²) in [5, 5.41) is 13.8. The molecule has 0 aromatic heterocycles. The highest BCUT2D eigenvalue weighted by Gasteiger charge is 2.08. The smallest absolute Gasteiger partial charge is 0.0839 e. The highest BCUT2D eigenvalue weighted by Crippen LogP contribution is 2.25. The van der Waals surface area contributed by atoms with Crippen LogP contribution in [-0.2, 0) is 0 Å². The fourth-order valence-electron chi connectivity index (χ4n) is 1.69. The van der Waals surface area contributed by atoms with Gasteiger partial charge in [-0.1, -0.05) is 25.4 Å². The van der Waals surface area contributed by atoms with Crippen molar-refractivity contribution in [2.24, 2.45) is 0 Å². The molecule has 1 aromatic carbocycles. The van der Waals surface area contributed by atoms with E-state index in [1.165, 1.54) is 0 Å². The lowest BCUT2D eigenvalue weighted by Gasteiger charge is -2.22. The molecule has 0 radical (unpaired) electrons. The van der Waals surface area contributed by atoms with E-state index >= 15 is 0 Å². The summed E-state index contributed by atoms with van der Waals surface area (Å²) >= 11 is 9.35. The Morgan fingerprint density at radius 2 is 2.06 bits per heavy atom. The SMILES string of the molecule is CCN(CC)CC(O)CNc1ccc(Br)c(Cl)c1. The van der Waals surface area contributed by atoms with Crippen molar-refractivity contribution in [1.29, 1.82) is 0 Å². The summed E-state index contributed by atoms with van der Waals surface area (Å²) in [6, 6.07) is 5.66. The molecule has 1 atom stereocenters. The van der Waals surface area contributed by atoms with Crippen LogP contribution in [0.3, 0.4) is 0 Å². The maximum atomic E-state index is 9.92. The Morgan fingerprint density at radius 3 is 2.61 bits per heavy atom. The van der Waals surface area contributed by atoms with Gasteiger partial charge in [0.05, 0.1) is 11.1 Å². The molecule has 0 spiro atoms. The molecular formula is C13H20BrClN2O. The second kappa shape index (κ2) is 8.00. The lowest BCUT2D eigenvalue weighted by molar-refractivity contribution is 0.128. The largest absolute Gasteiger partial charge is 0.390 e. The van der Waals surface area contributed by atoms with Crippen molar-refractivity contribution >= 4 is 33.2 Å². The number of hydrogen-bond acceptors (Lipinski definition) is 3. The van der Waals surface area contributed by atoms with E-state index in [1.807, 2.05) is 18.2 Å². The van der Waals surface area contributed by atoms with Crippen LogP contribution in [0.5, 0.6) is 0 Å². The highest BCUT2D eigenvalue weighted by molar-refractivity contribution is 9.10. The van der Waals surface area contributed by atoms with E-state index in [0.29, 0.717) is 18.1 Å². The molecule has 0 fully saturated rings. The van der Waals surface area contributed by atoms with E-state index in [4.69, 9.17) is 11.6 Å². The Kier molecular flexibility index (Phi) is 7.00. The second-order valence-corrected chi connectivity index (χ2v) is 5.41. The third-order valence-electron chi connectivity index (χ3n) is 2.82. The van der Waals surface area contributed by atoms with Crippen LogP contribution in [0.2, 0.25) is 5.02 Å². The summed E-state index contributed by atoms with van der Waals surface area (Å²) < 4.78 is 0.874. The first-order valence-electron chi connectivity index (χ1n) is 6.16. The van der Waals surface area contributed by atoms with Gasteiger partial charge in [0.1, 0.15) is 0 Å². The van der Waals surface area contributed by atoms with Crippen molar-refractivity contribution in [1.82, 2.24) is 4.90 Å². The number of aliphatic hydroxyl groups is 1. The predicted molar refractivity (Wildman–Crippen MR) is 81.4 cm³/mol. The molecule has 0 saturated carbocycles. The molecule has 102 valence electrons. The van der Waals surface area contributed by atoms with Gasteiger partial charge >= 0.3 is 0 Å². The zero-order chi connectivity index (χ0) is 13.5. The number of anilines is 1. The highest BCUT2D eigenvalue weighted by atomic mass is 79.9. The first kappa shape index (κ1) is 15.8. The topological polar surface area (TPSA) is 35.5 Å². The fourth-order valence-corrected chi connectivity index (χ4v) is 2.11. The summed E-state index contributed by atoms with van der Waals surface area (Å²) in [7, 11) is 0. The molecule has 0 aliphatic carbocycles. The summed E-state index contributed by atoms with van der Waals surface area (Å²) in [5.41, 5.74) is 0.918. The quantitative estimate of drug-likeness (QED) is 0.803. The van der Waals surface area contributed by atoms with Crippen molar-refractivity contribution < 1.29 is 5.11 Å². The van der Waals surface area contributed by atoms with Crippen molar-refractivity contribution in [3.8, 4) is 0 Å². The van der Waals surface area contributed by atoms with Gasteiger partial charge in [-0.3, -0.25) is 0 Å². The summed E-state index contributed by atoms with van der Waals surface area (Å²) in [6.45, 7) is 7.31. The van der Waals surface area contributed by atoms with Crippen LogP contribution in [0.15, 0.2) is 22.7 Å². The predicted octanol–water partition coefficient (Wildman–Crippen LogP) is 3.22. The van der Waals surface area contributed by atoms with Crippen LogP contribution in [0.1, 0.15) is 13.8 Å². The molecule has 3 nitrogen and oxygen atoms in total. The first-order valence-corrected chi connectivity index (χ1v) is 7.33. The molecule has 2 N–H and O–H groups in total. The molecule has 0 bridgehead atoms. The molecular weight excluding hydrogens is 316 g/mol. The number of rotatable bonds is 7. The Labute approximate surface area is 122 Å². The minimum Gasteiger partial charge on any atom is -0.390 e. The molecule has 18 heavy (non-hydrogen) atoms. The van der Waals surface area contributed by atoms with Gasteiger partial charge in [0.25, 0.3) is 0 Å². The van der Waals surface area contributed by atoms with Crippen molar-refractivity contribution in [2.45, 2.75) is 20.0 Å². The van der Waals surface area contributed by atoms with Gasteiger partial charge in [0.15, 0.2) is 0 Å². The first-order chi connectivity index (χ1) is 8.56. The maximum absolute atomic E-state index is 9.92. The van der Waals surface area contributed by atoms with Crippen LogP contribution >= 0.6 is 27.5 Å². The zero-order valence-electron chi connectivity index (χ0n) is 10.8. The van der Waals surface area contributed by atoms with E-state index in [-0.39, 0.29) is 6.10 Å². The van der Waals surface area contributed by atoms with Gasteiger partial charge in [-0.15, -0.1) is 0 Å². The average Bonchev–Trinajstić information content (AvgIpc) is 2.37. The van der Waals surface area contributed by atoms with Crippen LogP contribution in [0.25, 0.3) is 0 Å². The van der Waals surface area contributed by atoms with Gasteiger partial charge in [-0.2, -0.15) is 0 Å². The summed E-state index contributed by atoms with van der Waals surface area (Å²) in [5.74, 6) is 0. The van der Waals surface area contributed by atoms with Gasteiger partial charge in [-0.25, -0.2) is 0 Å². The summed E-state index contributed by atoms with van der Waals surface area (Å²) in [6.07, 6.45) is -0.382. The van der Waals surface area contributed by atoms with Crippen LogP contribution in [0, 0.1) is 0 Å². The van der Waals surface area contributed by atoms with E-state index in [1.54, 1.807) is 0 Å². The Hall–Kier alpha value is -0.290. The third-order valence-corrected chi connectivity index (χ3v) is 4.06. The van der Waals surface area contributed by atoms with Gasteiger partial charge in [-0.05, 0) is 47.2 Å². The Morgan fingerprint density at radius 1 is 1.39 bits per heavy atom. The second-order valence-electron chi connectivity index (χ2n) is 4.15. The summed E-state index contributed by atoms with van der Waals surface area (Å²) in [4.78, 5) is 2.20. The molecule has 1 unspecified atom stereocenters. The van der Waals surface area contributed by atoms with Crippen molar-refractivity contribution in [2.75, 3.05) is 31.5 Å². The molecule has 0 aliphatic rings. The van der Waals surface area contributed by atoms with Crippen molar-refractivity contribution in [3.05, 3.63) is 27.7 Å². The molecule has 0 amide bonds. The van der Waals surface area contributed by atoms with Gasteiger partial charge < -0.3 is 15.3 Å². The normalized spacial score (nSPS) is 12.8. The molecule has 0 saturated heterocycles. The average molecular weight is 336 g/mol. The maximum Gasteiger partial charge on any atom is 0.0839 e. The number of halogens is 2. The lowest BCUT2D eigenvalue weighted by atomic mass is 10.2. The van der Waals surface area contributed by atoms with Crippen LogP contribution in [0.4, 0.5) is 5.69 Å². The number of benzene rings is 1. The number of nitrogens with zero attached hydrogens (tertiary/aromatic N) is 1. The van der Waals surface area contributed by atoms with E-state index in [9.17, 15) is 5.11 Å². The lowest BCUT2D eigenvalue weighted by Crippen LogP contribution is -2.35. The molecule has 5 heteroatoms. The number of hydrogen-bond donors (Lipinski definition) is 2. The monoisotopic (exact) mass is 334 g/mol. The minimum absolute atomic E-state index is 0.382. The molecule has 1 aromatic rings. The van der Waals surface area contributed by atoms with Crippen LogP contribution < -0.4 is 5.32 Å². The standard InChI is InChI=1S/C13H20BrClN2O/c1-3-17(4-2)9-11(18)8-16-10-5-6-12(14)13(15)7-10/h5-7,11,16,18H,3-4,8-9H2,1-2H3. The zero-order valence-corrected chi connectivity index (χ0v) is 13.1. The van der Waals surface area contributed by atoms with Gasteiger partial charge in [0.2, 0.25) is 0 Å². The van der Waals surface area contributed by atoms with Gasteiger partial charge in [0, 0.05) is 23.2 Å².